The number of thioether (sulfide) groups is 1. The Balaban J connectivity index is 1.34. The average Bonchev–Trinajstić information content (AvgIpc) is 3.00. The van der Waals surface area contributed by atoms with Crippen LogP contribution in [0.25, 0.3) is 0 Å². The Labute approximate surface area is 235 Å². The summed E-state index contributed by atoms with van der Waals surface area (Å²) in [6, 6.07) is 41.1. The molecule has 5 heteroatoms. The quantitative estimate of drug-likeness (QED) is 0.165. The lowest BCUT2D eigenvalue weighted by atomic mass is 9.99. The van der Waals surface area contributed by atoms with Gasteiger partial charge in [0.25, 0.3) is 0 Å². The van der Waals surface area contributed by atoms with Crippen molar-refractivity contribution in [1.29, 1.82) is 0 Å². The van der Waals surface area contributed by atoms with E-state index in [4.69, 9.17) is 18.9 Å². The highest BCUT2D eigenvalue weighted by Crippen LogP contribution is 2.31. The first kappa shape index (κ1) is 27.2. The maximum Gasteiger partial charge on any atom is 0.150 e. The van der Waals surface area contributed by atoms with Gasteiger partial charge in [0.2, 0.25) is 0 Å². The highest BCUT2D eigenvalue weighted by Gasteiger charge is 2.38. The molecule has 4 aromatic carbocycles. The molecule has 3 atom stereocenters. The van der Waals surface area contributed by atoms with E-state index in [0.717, 1.165) is 28.0 Å². The minimum Gasteiger partial charge on any atom is -0.493 e. The van der Waals surface area contributed by atoms with Crippen LogP contribution in [-0.2, 0) is 38.8 Å². The van der Waals surface area contributed by atoms with Crippen molar-refractivity contribution in [3.63, 3.8) is 0 Å². The van der Waals surface area contributed by atoms with Crippen molar-refractivity contribution in [3.05, 3.63) is 150 Å². The minimum atomic E-state index is -0.332. The highest BCUT2D eigenvalue weighted by atomic mass is 32.2. The van der Waals surface area contributed by atoms with Crippen molar-refractivity contribution in [3.8, 4) is 0 Å². The molecule has 0 aliphatic carbocycles. The predicted octanol–water partition coefficient (Wildman–Crippen LogP) is 7.45. The molecule has 0 fully saturated rings. The van der Waals surface area contributed by atoms with Crippen LogP contribution in [-0.4, -0.2) is 30.7 Å². The fourth-order valence-electron chi connectivity index (χ4n) is 4.45. The summed E-state index contributed by atoms with van der Waals surface area (Å²) in [6.45, 7) is 1.87. The Kier molecular flexibility index (Phi) is 10.3. The number of hydrogen-bond donors (Lipinski definition) is 0. The largest absolute Gasteiger partial charge is 0.493 e. The lowest BCUT2D eigenvalue weighted by Gasteiger charge is -2.38. The second-order valence-corrected chi connectivity index (χ2v) is 10.5. The monoisotopic (exact) mass is 538 g/mol. The lowest BCUT2D eigenvalue weighted by Crippen LogP contribution is -2.48. The van der Waals surface area contributed by atoms with E-state index in [1.807, 2.05) is 66.9 Å². The van der Waals surface area contributed by atoms with E-state index in [2.05, 4.69) is 60.7 Å². The van der Waals surface area contributed by atoms with Crippen molar-refractivity contribution in [1.82, 2.24) is 0 Å². The van der Waals surface area contributed by atoms with Gasteiger partial charge in [-0.3, -0.25) is 0 Å². The van der Waals surface area contributed by atoms with Crippen LogP contribution in [0.5, 0.6) is 0 Å². The Morgan fingerprint density at radius 1 is 0.590 bits per heavy atom. The molecule has 0 saturated heterocycles. The number of rotatable bonds is 13. The zero-order valence-electron chi connectivity index (χ0n) is 21.9. The van der Waals surface area contributed by atoms with Crippen LogP contribution in [0.15, 0.2) is 138 Å². The van der Waals surface area contributed by atoms with Gasteiger partial charge in [-0.2, -0.15) is 0 Å². The third kappa shape index (κ3) is 8.32. The van der Waals surface area contributed by atoms with Crippen LogP contribution in [0, 0.1) is 0 Å². The maximum atomic E-state index is 6.62. The summed E-state index contributed by atoms with van der Waals surface area (Å²) in [5.74, 6) is 0.742. The van der Waals surface area contributed by atoms with Crippen LogP contribution in [0.1, 0.15) is 16.7 Å². The van der Waals surface area contributed by atoms with Gasteiger partial charge in [-0.15, -0.1) is 11.8 Å². The SMILES string of the molecule is C1=C(CSc2ccccc2)[C@@H](OCc2ccccc2)[C@@H](OCc2ccccc2)[C@@H](COCc2ccccc2)O1. The van der Waals surface area contributed by atoms with Gasteiger partial charge in [-0.05, 0) is 28.8 Å². The molecule has 0 bridgehead atoms. The summed E-state index contributed by atoms with van der Waals surface area (Å²) >= 11 is 1.77. The molecule has 0 radical (unpaired) electrons. The van der Waals surface area contributed by atoms with Crippen molar-refractivity contribution >= 4 is 11.8 Å². The number of benzene rings is 4. The van der Waals surface area contributed by atoms with Crippen molar-refractivity contribution < 1.29 is 18.9 Å². The van der Waals surface area contributed by atoms with Crippen molar-refractivity contribution in [2.24, 2.45) is 0 Å². The maximum absolute atomic E-state index is 6.62. The Bertz CT molecular complexity index is 1270. The molecule has 1 heterocycles. The third-order valence-electron chi connectivity index (χ3n) is 6.52. The molecule has 200 valence electrons. The smallest absolute Gasteiger partial charge is 0.150 e. The van der Waals surface area contributed by atoms with E-state index in [-0.39, 0.29) is 18.3 Å². The summed E-state index contributed by atoms with van der Waals surface area (Å²) in [5.41, 5.74) is 4.43. The molecule has 0 spiro atoms. The lowest BCUT2D eigenvalue weighted by molar-refractivity contribution is -0.151. The summed E-state index contributed by atoms with van der Waals surface area (Å²) in [5, 5.41) is 0. The molecule has 39 heavy (non-hydrogen) atoms. The van der Waals surface area contributed by atoms with E-state index in [0.29, 0.717) is 26.4 Å². The first-order valence-electron chi connectivity index (χ1n) is 13.3. The zero-order valence-corrected chi connectivity index (χ0v) is 22.7. The van der Waals surface area contributed by atoms with Gasteiger partial charge < -0.3 is 18.9 Å². The molecule has 0 N–H and O–H groups in total. The van der Waals surface area contributed by atoms with Gasteiger partial charge in [-0.25, -0.2) is 0 Å². The van der Waals surface area contributed by atoms with Gasteiger partial charge in [0.1, 0.15) is 18.3 Å². The van der Waals surface area contributed by atoms with Gasteiger partial charge >= 0.3 is 0 Å². The zero-order chi connectivity index (χ0) is 26.5. The summed E-state index contributed by atoms with van der Waals surface area (Å²) < 4.78 is 25.6. The van der Waals surface area contributed by atoms with Crippen LogP contribution in [0.3, 0.4) is 0 Å². The van der Waals surface area contributed by atoms with E-state index in [1.165, 1.54) is 4.90 Å². The molecule has 0 saturated carbocycles. The molecule has 1 aliphatic heterocycles. The standard InChI is InChI=1S/C34H34O4S/c1-5-13-27(14-6-1)21-35-25-32-34(38-23-29-17-9-3-10-18-29)33(37-22-28-15-7-2-8-16-28)30(24-36-32)26-39-31-19-11-4-12-20-31/h1-20,24,32-34H,21-23,25-26H2/t32-,33-,34+/m1/s1. The molecule has 0 unspecified atom stereocenters. The van der Waals surface area contributed by atoms with E-state index in [1.54, 1.807) is 11.8 Å². The number of ether oxygens (including phenoxy) is 4. The third-order valence-corrected chi connectivity index (χ3v) is 7.61. The van der Waals surface area contributed by atoms with Crippen molar-refractivity contribution in [2.75, 3.05) is 12.4 Å². The predicted molar refractivity (Wildman–Crippen MR) is 156 cm³/mol. The van der Waals surface area contributed by atoms with E-state index < -0.39 is 0 Å². The van der Waals surface area contributed by atoms with Crippen LogP contribution in [0.4, 0.5) is 0 Å². The van der Waals surface area contributed by atoms with Gasteiger partial charge in [0, 0.05) is 16.2 Å². The molecule has 1 aliphatic rings. The molecular formula is C34H34O4S. The molecule has 4 nitrogen and oxygen atoms in total. The number of hydrogen-bond acceptors (Lipinski definition) is 5. The van der Waals surface area contributed by atoms with Crippen LogP contribution in [0.2, 0.25) is 0 Å². The fraction of sp³-hybridized carbons (Fsp3) is 0.235. The van der Waals surface area contributed by atoms with Crippen LogP contribution >= 0.6 is 11.8 Å². The Morgan fingerprint density at radius 3 is 1.69 bits per heavy atom. The molecular weight excluding hydrogens is 504 g/mol. The molecule has 0 amide bonds. The molecule has 5 rings (SSSR count). The first-order chi connectivity index (χ1) is 19.3. The Hall–Kier alpha value is -3.35. The topological polar surface area (TPSA) is 36.9 Å². The van der Waals surface area contributed by atoms with E-state index in [9.17, 15) is 0 Å². The highest BCUT2D eigenvalue weighted by molar-refractivity contribution is 7.99. The molecule has 0 aromatic heterocycles. The van der Waals surface area contributed by atoms with E-state index >= 15 is 0 Å². The Morgan fingerprint density at radius 2 is 1.10 bits per heavy atom. The van der Waals surface area contributed by atoms with Gasteiger partial charge in [-0.1, -0.05) is 109 Å². The van der Waals surface area contributed by atoms with Gasteiger partial charge in [0.05, 0.1) is 32.7 Å². The first-order valence-corrected chi connectivity index (χ1v) is 14.3. The normalized spacial score (nSPS) is 18.8. The summed E-state index contributed by atoms with van der Waals surface area (Å²) in [6.07, 6.45) is 0.957. The average molecular weight is 539 g/mol. The minimum absolute atomic E-state index is 0.274. The second kappa shape index (κ2) is 14.7. The summed E-state index contributed by atoms with van der Waals surface area (Å²) in [4.78, 5) is 1.20. The fourth-order valence-corrected chi connectivity index (χ4v) is 5.36. The van der Waals surface area contributed by atoms with Crippen LogP contribution < -0.4 is 0 Å². The van der Waals surface area contributed by atoms with Gasteiger partial charge in [0.15, 0.2) is 0 Å². The molecule has 4 aromatic rings. The second-order valence-electron chi connectivity index (χ2n) is 9.45. The summed E-state index contributed by atoms with van der Waals surface area (Å²) in [7, 11) is 0. The van der Waals surface area contributed by atoms with Crippen molar-refractivity contribution in [2.45, 2.75) is 43.0 Å².